The van der Waals surface area contributed by atoms with Crippen molar-refractivity contribution in [2.45, 2.75) is 48.1 Å². The highest BCUT2D eigenvalue weighted by atomic mass is 16.5. The number of benzene rings is 2. The lowest BCUT2D eigenvalue weighted by molar-refractivity contribution is -0.122. The zero-order valence-electron chi connectivity index (χ0n) is 18.9. The molecule has 0 aliphatic carbocycles. The molecule has 29 heavy (non-hydrogen) atoms. The highest BCUT2D eigenvalue weighted by Crippen LogP contribution is 2.11. The summed E-state index contributed by atoms with van der Waals surface area (Å²) in [5.41, 5.74) is 1.03. The number of hydrogen-bond acceptors (Lipinski definition) is 5. The average molecular weight is 405 g/mol. The van der Waals surface area contributed by atoms with E-state index < -0.39 is 0 Å². The second kappa shape index (κ2) is 20.1. The minimum atomic E-state index is 0.0360. The van der Waals surface area contributed by atoms with E-state index in [9.17, 15) is 9.59 Å². The maximum Gasteiger partial charge on any atom is 0.167 e. The molecule has 0 radical (unpaired) electrons. The van der Waals surface area contributed by atoms with Gasteiger partial charge >= 0.3 is 0 Å². The van der Waals surface area contributed by atoms with Crippen molar-refractivity contribution < 1.29 is 23.8 Å². The molecule has 5 heteroatoms. The van der Waals surface area contributed by atoms with Crippen molar-refractivity contribution >= 4 is 11.6 Å². The predicted octanol–water partition coefficient (Wildman–Crippen LogP) is 5.51. The number of ketones is 2. The van der Waals surface area contributed by atoms with Gasteiger partial charge in [0.1, 0.15) is 24.7 Å². The first-order valence-corrected chi connectivity index (χ1v) is 9.88. The van der Waals surface area contributed by atoms with E-state index in [1.54, 1.807) is 7.11 Å². The molecule has 0 amide bonds. The van der Waals surface area contributed by atoms with Gasteiger partial charge in [0.05, 0.1) is 13.7 Å². The van der Waals surface area contributed by atoms with Crippen LogP contribution in [0.25, 0.3) is 0 Å². The molecule has 0 aliphatic rings. The summed E-state index contributed by atoms with van der Waals surface area (Å²) in [6.45, 7) is 11.8. The molecule has 0 bridgehead atoms. The molecule has 0 atom stereocenters. The van der Waals surface area contributed by atoms with Crippen LogP contribution in [0.1, 0.15) is 47.1 Å². The van der Waals surface area contributed by atoms with Crippen LogP contribution in [-0.4, -0.2) is 31.9 Å². The first-order chi connectivity index (χ1) is 14.0. The molecule has 2 aromatic carbocycles. The Morgan fingerprint density at radius 1 is 0.724 bits per heavy atom. The summed E-state index contributed by atoms with van der Waals surface area (Å²) in [7, 11) is 1.63. The molecule has 0 saturated carbocycles. The molecule has 0 unspecified atom stereocenters. The molecule has 0 fully saturated rings. The molecule has 0 N–H and O–H groups in total. The maximum atomic E-state index is 10.6. The Bertz CT molecular complexity index is 636. The lowest BCUT2D eigenvalue weighted by Gasteiger charge is -2.03. The van der Waals surface area contributed by atoms with E-state index in [-0.39, 0.29) is 24.8 Å². The maximum absolute atomic E-state index is 10.6. The largest absolute Gasteiger partial charge is 0.497 e. The number of methoxy groups -OCH3 is 1. The quantitative estimate of drug-likeness (QED) is 0.581. The van der Waals surface area contributed by atoms with Crippen molar-refractivity contribution in [3.05, 3.63) is 60.2 Å². The van der Waals surface area contributed by atoms with E-state index in [1.807, 2.05) is 82.3 Å². The fourth-order valence-electron chi connectivity index (χ4n) is 1.74. The minimum Gasteiger partial charge on any atom is -0.497 e. The van der Waals surface area contributed by atoms with Crippen LogP contribution < -0.4 is 9.47 Å². The van der Waals surface area contributed by atoms with E-state index in [0.29, 0.717) is 6.61 Å². The van der Waals surface area contributed by atoms with Gasteiger partial charge in [-0.05, 0) is 43.7 Å². The third-order valence-electron chi connectivity index (χ3n) is 2.92. The summed E-state index contributed by atoms with van der Waals surface area (Å²) in [4.78, 5) is 21.1. The van der Waals surface area contributed by atoms with E-state index in [2.05, 4.69) is 0 Å². The molecule has 2 aromatic rings. The van der Waals surface area contributed by atoms with Gasteiger partial charge in [0.25, 0.3) is 0 Å². The van der Waals surface area contributed by atoms with Crippen LogP contribution in [-0.2, 0) is 20.9 Å². The van der Waals surface area contributed by atoms with Crippen LogP contribution in [0.15, 0.2) is 54.6 Å². The molecule has 0 aliphatic heterocycles. The van der Waals surface area contributed by atoms with E-state index in [1.165, 1.54) is 13.8 Å². The van der Waals surface area contributed by atoms with Gasteiger partial charge in [-0.2, -0.15) is 0 Å². The average Bonchev–Trinajstić information content (AvgIpc) is 2.76. The summed E-state index contributed by atoms with van der Waals surface area (Å²) < 4.78 is 15.3. The second-order valence-electron chi connectivity index (χ2n) is 5.35. The van der Waals surface area contributed by atoms with Crippen LogP contribution in [0.4, 0.5) is 0 Å². The minimum absolute atomic E-state index is 0.0360. The topological polar surface area (TPSA) is 61.8 Å². The van der Waals surface area contributed by atoms with Gasteiger partial charge in [-0.1, -0.05) is 58.0 Å². The second-order valence-corrected chi connectivity index (χ2v) is 5.35. The fourth-order valence-corrected chi connectivity index (χ4v) is 1.74. The van der Waals surface area contributed by atoms with Gasteiger partial charge in [-0.25, -0.2) is 0 Å². The van der Waals surface area contributed by atoms with Crippen LogP contribution in [0.5, 0.6) is 11.5 Å². The number of hydrogen-bond donors (Lipinski definition) is 0. The van der Waals surface area contributed by atoms with Crippen LogP contribution in [0.2, 0.25) is 0 Å². The highest BCUT2D eigenvalue weighted by Gasteiger charge is 1.96. The van der Waals surface area contributed by atoms with E-state index in [4.69, 9.17) is 14.2 Å². The zero-order valence-corrected chi connectivity index (χ0v) is 18.9. The Morgan fingerprint density at radius 2 is 1.24 bits per heavy atom. The molecular weight excluding hydrogens is 368 g/mol. The molecule has 2 rings (SSSR count). The fraction of sp³-hybridized carbons (Fsp3) is 0.417. The Kier molecular flexibility index (Phi) is 19.8. The smallest absolute Gasteiger partial charge is 0.167 e. The normalized spacial score (nSPS) is 8.66. The number of carbonyl (C=O) groups is 2. The summed E-state index contributed by atoms with van der Waals surface area (Å²) in [5.74, 6) is 1.63. The number of carbonyl (C=O) groups excluding carboxylic acids is 2. The van der Waals surface area contributed by atoms with Crippen molar-refractivity contribution in [1.29, 1.82) is 0 Å². The Hall–Kier alpha value is -2.66. The van der Waals surface area contributed by atoms with Crippen LogP contribution >= 0.6 is 0 Å². The zero-order chi connectivity index (χ0) is 22.5. The van der Waals surface area contributed by atoms with Crippen molar-refractivity contribution in [3.63, 3.8) is 0 Å². The van der Waals surface area contributed by atoms with Gasteiger partial charge < -0.3 is 14.2 Å². The van der Waals surface area contributed by atoms with Gasteiger partial charge in [0, 0.05) is 0 Å². The third-order valence-corrected chi connectivity index (χ3v) is 2.92. The van der Waals surface area contributed by atoms with Gasteiger partial charge in [-0.3, -0.25) is 9.59 Å². The van der Waals surface area contributed by atoms with Crippen LogP contribution in [0, 0.1) is 0 Å². The highest BCUT2D eigenvalue weighted by molar-refractivity contribution is 5.77. The van der Waals surface area contributed by atoms with Gasteiger partial charge in [0.15, 0.2) is 11.6 Å². The molecule has 5 nitrogen and oxygen atoms in total. The van der Waals surface area contributed by atoms with E-state index >= 15 is 0 Å². The molecule has 0 spiro atoms. The molecule has 0 saturated heterocycles. The molecule has 162 valence electrons. The van der Waals surface area contributed by atoms with Crippen molar-refractivity contribution in [1.82, 2.24) is 0 Å². The third kappa shape index (κ3) is 17.2. The number of rotatable bonds is 8. The Morgan fingerprint density at radius 3 is 1.69 bits per heavy atom. The standard InChI is InChI=1S/C11H14O3.C9H10O2.2C2H6/c1-9(12)7-14-8-10-3-5-11(13-2)6-4-10;1-8(10)7-11-9-5-3-2-4-6-9;2*1-2/h3-6H,7-8H2,1-2H3;2-6H,7H2,1H3;2*1-2H3. The first-order valence-electron chi connectivity index (χ1n) is 9.88. The summed E-state index contributed by atoms with van der Waals surface area (Å²) >= 11 is 0. The van der Waals surface area contributed by atoms with Crippen molar-refractivity contribution in [3.8, 4) is 11.5 Å². The summed E-state index contributed by atoms with van der Waals surface area (Å²) in [6.07, 6.45) is 0. The van der Waals surface area contributed by atoms with Gasteiger partial charge in [0.2, 0.25) is 0 Å². The van der Waals surface area contributed by atoms with Gasteiger partial charge in [-0.15, -0.1) is 0 Å². The lowest BCUT2D eigenvalue weighted by Crippen LogP contribution is -2.06. The lowest BCUT2D eigenvalue weighted by atomic mass is 10.2. The number of ether oxygens (including phenoxy) is 3. The molecule has 0 aromatic heterocycles. The monoisotopic (exact) mass is 404 g/mol. The number of para-hydroxylation sites is 1. The number of Topliss-reactive ketones (excluding diaryl/α,β-unsaturated/α-hetero) is 2. The molecule has 0 heterocycles. The Labute approximate surface area is 176 Å². The van der Waals surface area contributed by atoms with Crippen molar-refractivity contribution in [2.24, 2.45) is 0 Å². The SMILES string of the molecule is CC.CC.CC(=O)COc1ccccc1.COc1ccc(COCC(C)=O)cc1. The summed E-state index contributed by atoms with van der Waals surface area (Å²) in [5, 5.41) is 0. The first kappa shape index (κ1) is 28.5. The van der Waals surface area contributed by atoms with Crippen LogP contribution in [0.3, 0.4) is 0 Å². The summed E-state index contributed by atoms with van der Waals surface area (Å²) in [6, 6.07) is 16.9. The predicted molar refractivity (Wildman–Crippen MR) is 119 cm³/mol. The molecular formula is C24H36O5. The van der Waals surface area contributed by atoms with E-state index in [0.717, 1.165) is 17.1 Å². The van der Waals surface area contributed by atoms with Crippen molar-refractivity contribution in [2.75, 3.05) is 20.3 Å². The Balaban J connectivity index is 0.